The van der Waals surface area contributed by atoms with Gasteiger partial charge in [-0.2, -0.15) is 17.0 Å². The quantitative estimate of drug-likeness (QED) is 0.789. The summed E-state index contributed by atoms with van der Waals surface area (Å²) in [5, 5.41) is 9.42. The van der Waals surface area contributed by atoms with Gasteiger partial charge in [-0.25, -0.2) is 4.98 Å². The maximum atomic E-state index is 9.42. The average Bonchev–Trinajstić information content (AvgIpc) is 2.46. The van der Waals surface area contributed by atoms with Crippen molar-refractivity contribution in [2.24, 2.45) is 0 Å². The van der Waals surface area contributed by atoms with Crippen molar-refractivity contribution in [3.63, 3.8) is 0 Å². The van der Waals surface area contributed by atoms with Crippen LogP contribution in [0.25, 0.3) is 0 Å². The van der Waals surface area contributed by atoms with Crippen LogP contribution in [0.4, 0.5) is 5.82 Å². The minimum absolute atomic E-state index is 0.472. The molecular weight excluding hydrogens is 254 g/mol. The highest BCUT2D eigenvalue weighted by atomic mass is 32.2. The molecule has 1 fully saturated rings. The number of rotatable bonds is 1. The predicted molar refractivity (Wildman–Crippen MR) is 79.7 cm³/mol. The fraction of sp³-hybridized carbons (Fsp3) is 0.600. The molecular formula is C15H19N3S. The summed E-state index contributed by atoms with van der Waals surface area (Å²) < 4.78 is 0. The molecule has 0 bridgehead atoms. The van der Waals surface area contributed by atoms with Gasteiger partial charge in [0.2, 0.25) is 0 Å². The van der Waals surface area contributed by atoms with Gasteiger partial charge in [-0.1, -0.05) is 0 Å². The number of nitrogens with zero attached hydrogens (tertiary/aromatic N) is 3. The Labute approximate surface area is 119 Å². The van der Waals surface area contributed by atoms with Crippen LogP contribution in [-0.2, 0) is 12.8 Å². The topological polar surface area (TPSA) is 39.9 Å². The number of pyridine rings is 1. The van der Waals surface area contributed by atoms with Gasteiger partial charge >= 0.3 is 0 Å². The summed E-state index contributed by atoms with van der Waals surface area (Å²) in [5.74, 6) is 3.19. The molecule has 1 unspecified atom stereocenters. The van der Waals surface area contributed by atoms with E-state index in [9.17, 15) is 5.26 Å². The van der Waals surface area contributed by atoms with Gasteiger partial charge in [-0.15, -0.1) is 0 Å². The highest BCUT2D eigenvalue weighted by molar-refractivity contribution is 7.99. The van der Waals surface area contributed by atoms with Crippen LogP contribution in [0.5, 0.6) is 0 Å². The number of hydrogen-bond acceptors (Lipinski definition) is 4. The zero-order valence-corrected chi connectivity index (χ0v) is 12.2. The van der Waals surface area contributed by atoms with Gasteiger partial charge in [0, 0.05) is 29.8 Å². The van der Waals surface area contributed by atoms with Crippen LogP contribution in [0, 0.1) is 11.3 Å². The number of thioether (sulfide) groups is 1. The summed E-state index contributed by atoms with van der Waals surface area (Å²) in [6.45, 7) is 3.24. The Morgan fingerprint density at radius 1 is 1.42 bits per heavy atom. The number of fused-ring (bicyclic) bond motifs is 1. The smallest absolute Gasteiger partial charge is 0.147 e. The normalized spacial score (nSPS) is 22.7. The van der Waals surface area contributed by atoms with E-state index in [1.807, 2.05) is 11.8 Å². The summed E-state index contributed by atoms with van der Waals surface area (Å²) in [7, 11) is 0. The highest BCUT2D eigenvalue weighted by Gasteiger charge is 2.24. The lowest BCUT2D eigenvalue weighted by atomic mass is 9.94. The van der Waals surface area contributed by atoms with Crippen molar-refractivity contribution < 1.29 is 0 Å². The standard InChI is InChI=1S/C15H19N3S/c1-11-10-19-7-6-18(11)15-13(9-16)8-12-4-2-3-5-14(12)17-15/h8,11H,2-7,10H2,1H3. The molecule has 1 aromatic heterocycles. The Bertz CT molecular complexity index is 521. The third kappa shape index (κ3) is 2.44. The van der Waals surface area contributed by atoms with Crippen LogP contribution in [0.15, 0.2) is 6.07 Å². The minimum atomic E-state index is 0.472. The van der Waals surface area contributed by atoms with E-state index in [4.69, 9.17) is 4.98 Å². The van der Waals surface area contributed by atoms with Gasteiger partial charge in [-0.3, -0.25) is 0 Å². The van der Waals surface area contributed by atoms with Crippen molar-refractivity contribution in [3.05, 3.63) is 22.9 Å². The molecule has 0 saturated carbocycles. The molecule has 2 heterocycles. The molecule has 0 spiro atoms. The fourth-order valence-corrected chi connectivity index (χ4v) is 3.98. The summed E-state index contributed by atoms with van der Waals surface area (Å²) in [5.41, 5.74) is 3.29. The van der Waals surface area contributed by atoms with E-state index in [-0.39, 0.29) is 0 Å². The van der Waals surface area contributed by atoms with Crippen molar-refractivity contribution in [2.45, 2.75) is 38.6 Å². The summed E-state index contributed by atoms with van der Waals surface area (Å²) >= 11 is 1.99. The Morgan fingerprint density at radius 2 is 2.26 bits per heavy atom. The average molecular weight is 273 g/mol. The molecule has 0 radical (unpaired) electrons. The first kappa shape index (κ1) is 12.8. The SMILES string of the molecule is CC1CSCCN1c1nc2c(cc1C#N)CCCC2. The third-order valence-electron chi connectivity index (χ3n) is 4.04. The summed E-state index contributed by atoms with van der Waals surface area (Å²) in [4.78, 5) is 7.18. The van der Waals surface area contributed by atoms with Gasteiger partial charge in [0.25, 0.3) is 0 Å². The molecule has 19 heavy (non-hydrogen) atoms. The lowest BCUT2D eigenvalue weighted by Crippen LogP contribution is -2.41. The fourth-order valence-electron chi connectivity index (χ4n) is 2.97. The number of anilines is 1. The molecule has 1 saturated heterocycles. The predicted octanol–water partition coefficient (Wildman–Crippen LogP) is 2.77. The van der Waals surface area contributed by atoms with Gasteiger partial charge in [-0.05, 0) is 44.2 Å². The van der Waals surface area contributed by atoms with Gasteiger partial charge in [0.15, 0.2) is 0 Å². The van der Waals surface area contributed by atoms with Crippen LogP contribution in [0.1, 0.15) is 36.6 Å². The van der Waals surface area contributed by atoms with Crippen LogP contribution in [-0.4, -0.2) is 29.1 Å². The summed E-state index contributed by atoms with van der Waals surface area (Å²) in [6.07, 6.45) is 4.63. The van der Waals surface area contributed by atoms with Crippen molar-refractivity contribution in [2.75, 3.05) is 23.0 Å². The molecule has 1 atom stereocenters. The lowest BCUT2D eigenvalue weighted by molar-refractivity contribution is 0.651. The zero-order chi connectivity index (χ0) is 13.2. The van der Waals surface area contributed by atoms with Crippen LogP contribution < -0.4 is 4.90 Å². The number of nitriles is 1. The molecule has 3 nitrogen and oxygen atoms in total. The maximum absolute atomic E-state index is 9.42. The van der Waals surface area contributed by atoms with E-state index < -0.39 is 0 Å². The second kappa shape index (κ2) is 5.42. The Kier molecular flexibility index (Phi) is 3.65. The van der Waals surface area contributed by atoms with Crippen molar-refractivity contribution in [1.82, 2.24) is 4.98 Å². The number of hydrogen-bond donors (Lipinski definition) is 0. The molecule has 0 aromatic carbocycles. The number of aromatic nitrogens is 1. The van der Waals surface area contributed by atoms with Gasteiger partial charge in [0.1, 0.15) is 11.9 Å². The van der Waals surface area contributed by atoms with Gasteiger partial charge < -0.3 is 4.90 Å². The van der Waals surface area contributed by atoms with E-state index in [2.05, 4.69) is 24.0 Å². The minimum Gasteiger partial charge on any atom is -0.351 e. The van der Waals surface area contributed by atoms with Crippen LogP contribution in [0.3, 0.4) is 0 Å². The lowest BCUT2D eigenvalue weighted by Gasteiger charge is -2.35. The van der Waals surface area contributed by atoms with Crippen molar-refractivity contribution in [3.8, 4) is 6.07 Å². The summed E-state index contributed by atoms with van der Waals surface area (Å²) in [6, 6.07) is 4.91. The number of aryl methyl sites for hydroxylation is 2. The van der Waals surface area contributed by atoms with E-state index in [1.54, 1.807) is 0 Å². The third-order valence-corrected chi connectivity index (χ3v) is 5.23. The molecule has 1 aliphatic carbocycles. The van der Waals surface area contributed by atoms with E-state index in [1.165, 1.54) is 24.1 Å². The molecule has 0 amide bonds. The van der Waals surface area contributed by atoms with E-state index in [0.717, 1.165) is 42.3 Å². The van der Waals surface area contributed by atoms with Crippen molar-refractivity contribution in [1.29, 1.82) is 5.26 Å². The molecule has 4 heteroatoms. The van der Waals surface area contributed by atoms with Crippen LogP contribution in [0.2, 0.25) is 0 Å². The first-order valence-corrected chi connectivity index (χ1v) is 8.22. The van der Waals surface area contributed by atoms with Crippen molar-refractivity contribution >= 4 is 17.6 Å². The Balaban J connectivity index is 2.02. The molecule has 1 aliphatic heterocycles. The monoisotopic (exact) mass is 273 g/mol. The van der Waals surface area contributed by atoms with Crippen LogP contribution >= 0.6 is 11.8 Å². The Hall–Kier alpha value is -1.21. The molecule has 100 valence electrons. The van der Waals surface area contributed by atoms with Gasteiger partial charge in [0.05, 0.1) is 5.56 Å². The Morgan fingerprint density at radius 3 is 3.05 bits per heavy atom. The molecule has 0 N–H and O–H groups in total. The molecule has 3 rings (SSSR count). The first-order valence-electron chi connectivity index (χ1n) is 7.07. The second-order valence-electron chi connectivity index (χ2n) is 5.40. The molecule has 2 aliphatic rings. The highest BCUT2D eigenvalue weighted by Crippen LogP contribution is 2.29. The second-order valence-corrected chi connectivity index (χ2v) is 6.55. The van der Waals surface area contributed by atoms with E-state index >= 15 is 0 Å². The largest absolute Gasteiger partial charge is 0.351 e. The molecule has 1 aromatic rings. The van der Waals surface area contributed by atoms with E-state index in [0.29, 0.717) is 6.04 Å². The maximum Gasteiger partial charge on any atom is 0.147 e. The zero-order valence-electron chi connectivity index (χ0n) is 11.4. The first-order chi connectivity index (χ1) is 9.29.